The summed E-state index contributed by atoms with van der Waals surface area (Å²) in [6, 6.07) is 8.11. The van der Waals surface area contributed by atoms with Crippen LogP contribution in [0.3, 0.4) is 0 Å². The summed E-state index contributed by atoms with van der Waals surface area (Å²) in [5.74, 6) is -1.90. The van der Waals surface area contributed by atoms with Crippen LogP contribution >= 0.6 is 11.6 Å². The first-order chi connectivity index (χ1) is 12.3. The number of ether oxygens (including phenoxy) is 2. The number of carbonyl (C=O) groups is 3. The Morgan fingerprint density at radius 3 is 2.54 bits per heavy atom. The molecule has 0 aliphatic heterocycles. The molecule has 1 N–H and O–H groups in total. The van der Waals surface area contributed by atoms with E-state index in [-0.39, 0.29) is 16.3 Å². The smallest absolute Gasteiger partial charge is 0.342 e. The highest BCUT2D eigenvalue weighted by Gasteiger charge is 2.20. The third-order valence-electron chi connectivity index (χ3n) is 3.44. The van der Waals surface area contributed by atoms with E-state index >= 15 is 0 Å². The van der Waals surface area contributed by atoms with E-state index in [1.165, 1.54) is 13.2 Å². The first kappa shape index (κ1) is 19.4. The van der Waals surface area contributed by atoms with Crippen LogP contribution in [-0.2, 0) is 9.53 Å². The molecule has 8 heteroatoms. The fourth-order valence-corrected chi connectivity index (χ4v) is 2.66. The fraction of sp³-hybridized carbons (Fsp3) is 0.222. The molecule has 0 bridgehead atoms. The minimum absolute atomic E-state index is 0.00185. The first-order valence-electron chi connectivity index (χ1n) is 7.61. The zero-order valence-electron chi connectivity index (χ0n) is 14.5. The van der Waals surface area contributed by atoms with E-state index in [9.17, 15) is 14.4 Å². The Morgan fingerprint density at radius 1 is 1.19 bits per heavy atom. The van der Waals surface area contributed by atoms with Crippen LogP contribution in [0.2, 0.25) is 5.15 Å². The lowest BCUT2D eigenvalue weighted by molar-refractivity contribution is -0.123. The monoisotopic (exact) mass is 376 g/mol. The minimum Gasteiger partial charge on any atom is -0.496 e. The van der Waals surface area contributed by atoms with Crippen LogP contribution in [-0.4, -0.2) is 36.5 Å². The Labute approximate surface area is 155 Å². The lowest BCUT2D eigenvalue weighted by Gasteiger charge is -2.10. The number of methoxy groups -OCH3 is 1. The average molecular weight is 377 g/mol. The largest absolute Gasteiger partial charge is 0.496 e. The van der Waals surface area contributed by atoms with Crippen molar-refractivity contribution >= 4 is 29.4 Å². The number of nitrogens with one attached hydrogen (secondary N) is 1. The normalized spacial score (nSPS) is 10.2. The van der Waals surface area contributed by atoms with E-state index in [0.717, 1.165) is 0 Å². The standard InChI is InChI=1S/C18H17ClN2O5/c1-10-8-11(2)20-16(19)15(10)18(24)26-9-14(22)21-17(23)12-6-4-5-7-13(12)25-3/h4-8H,9H2,1-3H3,(H,21,22,23). The Bertz CT molecular complexity index is 843. The van der Waals surface area contributed by atoms with Crippen molar-refractivity contribution in [2.75, 3.05) is 13.7 Å². The van der Waals surface area contributed by atoms with E-state index in [1.807, 2.05) is 0 Å². The molecular formula is C18H17ClN2O5. The zero-order valence-corrected chi connectivity index (χ0v) is 15.2. The lowest BCUT2D eigenvalue weighted by atomic mass is 10.1. The molecule has 2 amide bonds. The molecule has 0 aliphatic carbocycles. The third kappa shape index (κ3) is 4.58. The summed E-state index contributed by atoms with van der Waals surface area (Å²) in [6.07, 6.45) is 0. The van der Waals surface area contributed by atoms with E-state index in [2.05, 4.69) is 10.3 Å². The molecule has 0 saturated carbocycles. The van der Waals surface area contributed by atoms with Crippen LogP contribution < -0.4 is 10.1 Å². The van der Waals surface area contributed by atoms with Crippen molar-refractivity contribution in [1.82, 2.24) is 10.3 Å². The average Bonchev–Trinajstić information content (AvgIpc) is 2.59. The van der Waals surface area contributed by atoms with Gasteiger partial charge in [-0.25, -0.2) is 9.78 Å². The van der Waals surface area contributed by atoms with Gasteiger partial charge in [0.15, 0.2) is 6.61 Å². The number of aromatic nitrogens is 1. The van der Waals surface area contributed by atoms with Gasteiger partial charge in [-0.05, 0) is 37.6 Å². The lowest BCUT2D eigenvalue weighted by Crippen LogP contribution is -2.34. The topological polar surface area (TPSA) is 94.6 Å². The van der Waals surface area contributed by atoms with Gasteiger partial charge in [-0.15, -0.1) is 0 Å². The second-order valence-corrected chi connectivity index (χ2v) is 5.76. The Balaban J connectivity index is 1.99. The molecule has 1 aromatic heterocycles. The number of halogens is 1. The quantitative estimate of drug-likeness (QED) is 0.636. The summed E-state index contributed by atoms with van der Waals surface area (Å²) in [7, 11) is 1.41. The molecular weight excluding hydrogens is 360 g/mol. The molecule has 136 valence electrons. The van der Waals surface area contributed by atoms with Crippen molar-refractivity contribution in [2.24, 2.45) is 0 Å². The molecule has 26 heavy (non-hydrogen) atoms. The second kappa shape index (κ2) is 8.44. The van der Waals surface area contributed by atoms with Crippen LogP contribution in [0.15, 0.2) is 30.3 Å². The van der Waals surface area contributed by atoms with Crippen LogP contribution in [0.25, 0.3) is 0 Å². The number of aryl methyl sites for hydroxylation is 2. The third-order valence-corrected chi connectivity index (χ3v) is 3.72. The van der Waals surface area contributed by atoms with Gasteiger partial charge in [0.2, 0.25) is 0 Å². The Kier molecular flexibility index (Phi) is 6.30. The molecule has 0 saturated heterocycles. The van der Waals surface area contributed by atoms with Gasteiger partial charge in [0.25, 0.3) is 11.8 Å². The molecule has 0 fully saturated rings. The maximum atomic E-state index is 12.1. The summed E-state index contributed by atoms with van der Waals surface area (Å²) in [4.78, 5) is 40.1. The van der Waals surface area contributed by atoms with Crippen molar-refractivity contribution in [3.05, 3.63) is 57.9 Å². The van der Waals surface area contributed by atoms with E-state index in [1.54, 1.807) is 38.1 Å². The molecule has 0 atom stereocenters. The second-order valence-electron chi connectivity index (χ2n) is 5.40. The predicted molar refractivity (Wildman–Crippen MR) is 94.5 cm³/mol. The number of para-hydroxylation sites is 1. The molecule has 2 aromatic rings. The van der Waals surface area contributed by atoms with E-state index in [4.69, 9.17) is 21.1 Å². The summed E-state index contributed by atoms with van der Waals surface area (Å²) >= 11 is 5.96. The molecule has 0 spiro atoms. The minimum atomic E-state index is -0.792. The number of benzene rings is 1. The number of esters is 1. The summed E-state index contributed by atoms with van der Waals surface area (Å²) in [5.41, 5.74) is 1.51. The molecule has 7 nitrogen and oxygen atoms in total. The number of imide groups is 1. The van der Waals surface area contributed by atoms with Gasteiger partial charge >= 0.3 is 5.97 Å². The van der Waals surface area contributed by atoms with E-state index < -0.39 is 24.4 Å². The molecule has 0 aliphatic rings. The number of nitrogens with zero attached hydrogens (tertiary/aromatic N) is 1. The van der Waals surface area contributed by atoms with Gasteiger partial charge in [0.1, 0.15) is 10.9 Å². The molecule has 0 radical (unpaired) electrons. The highest BCUT2D eigenvalue weighted by Crippen LogP contribution is 2.20. The first-order valence-corrected chi connectivity index (χ1v) is 7.99. The number of hydrogen-bond donors (Lipinski definition) is 1. The van der Waals surface area contributed by atoms with Crippen LogP contribution in [0.5, 0.6) is 5.75 Å². The summed E-state index contributed by atoms with van der Waals surface area (Å²) < 4.78 is 9.99. The number of pyridine rings is 1. The van der Waals surface area contributed by atoms with Crippen molar-refractivity contribution in [2.45, 2.75) is 13.8 Å². The number of carbonyl (C=O) groups excluding carboxylic acids is 3. The van der Waals surface area contributed by atoms with Crippen molar-refractivity contribution in [1.29, 1.82) is 0 Å². The van der Waals surface area contributed by atoms with Crippen molar-refractivity contribution < 1.29 is 23.9 Å². The molecule has 1 heterocycles. The highest BCUT2D eigenvalue weighted by atomic mass is 35.5. The summed E-state index contributed by atoms with van der Waals surface area (Å²) in [6.45, 7) is 2.79. The van der Waals surface area contributed by atoms with Crippen LogP contribution in [0.4, 0.5) is 0 Å². The highest BCUT2D eigenvalue weighted by molar-refractivity contribution is 6.32. The zero-order chi connectivity index (χ0) is 19.3. The number of amides is 2. The van der Waals surface area contributed by atoms with Crippen molar-refractivity contribution in [3.8, 4) is 5.75 Å². The van der Waals surface area contributed by atoms with Gasteiger partial charge in [0, 0.05) is 5.69 Å². The number of hydrogen-bond acceptors (Lipinski definition) is 6. The number of rotatable bonds is 5. The molecule has 0 unspecified atom stereocenters. The predicted octanol–water partition coefficient (Wildman–Crippen LogP) is 2.47. The van der Waals surface area contributed by atoms with Crippen molar-refractivity contribution in [3.63, 3.8) is 0 Å². The fourth-order valence-electron chi connectivity index (χ4n) is 2.30. The Hall–Kier alpha value is -2.93. The van der Waals surface area contributed by atoms with Gasteiger partial charge in [-0.2, -0.15) is 0 Å². The molecule has 1 aromatic carbocycles. The van der Waals surface area contributed by atoms with Gasteiger partial charge < -0.3 is 9.47 Å². The summed E-state index contributed by atoms with van der Waals surface area (Å²) in [5, 5.41) is 2.13. The van der Waals surface area contributed by atoms with Gasteiger partial charge in [-0.3, -0.25) is 14.9 Å². The Morgan fingerprint density at radius 2 is 1.88 bits per heavy atom. The SMILES string of the molecule is COc1ccccc1C(=O)NC(=O)COC(=O)c1c(C)cc(C)nc1Cl. The van der Waals surface area contributed by atoms with Gasteiger partial charge in [-0.1, -0.05) is 23.7 Å². The van der Waals surface area contributed by atoms with Crippen LogP contribution in [0.1, 0.15) is 32.0 Å². The van der Waals surface area contributed by atoms with E-state index in [0.29, 0.717) is 17.0 Å². The molecule has 2 rings (SSSR count). The maximum absolute atomic E-state index is 12.1. The maximum Gasteiger partial charge on any atom is 0.342 e. The van der Waals surface area contributed by atoms with Crippen LogP contribution in [0, 0.1) is 13.8 Å². The van der Waals surface area contributed by atoms with Gasteiger partial charge in [0.05, 0.1) is 18.2 Å².